The quantitative estimate of drug-likeness (QED) is 0.340. The molecule has 5 rings (SSSR count). The topological polar surface area (TPSA) is 79.0 Å². The number of halogens is 1. The van der Waals surface area contributed by atoms with Crippen LogP contribution in [0.15, 0.2) is 43.0 Å². The molecule has 10 heteroatoms. The Labute approximate surface area is 202 Å². The summed E-state index contributed by atoms with van der Waals surface area (Å²) in [7, 11) is 4.87. The van der Waals surface area contributed by atoms with Gasteiger partial charge >= 0.3 is 0 Å². The fourth-order valence-electron chi connectivity index (χ4n) is 4.15. The van der Waals surface area contributed by atoms with Crippen LogP contribution in [-0.2, 0) is 0 Å². The van der Waals surface area contributed by atoms with Crippen molar-refractivity contribution in [3.8, 4) is 34.0 Å². The average Bonchev–Trinajstić information content (AvgIpc) is 3.46. The molecule has 4 aromatic heterocycles. The van der Waals surface area contributed by atoms with Gasteiger partial charge in [0.15, 0.2) is 5.65 Å². The predicted octanol–water partition coefficient (Wildman–Crippen LogP) is 4.75. The maximum Gasteiger partial charge on any atom is 0.240 e. The van der Waals surface area contributed by atoms with Gasteiger partial charge in [-0.05, 0) is 38.1 Å². The molecule has 8 nitrogen and oxygen atoms in total. The lowest BCUT2D eigenvalue weighted by atomic mass is 10.0. The number of rotatable bonds is 6. The fourth-order valence-corrected chi connectivity index (χ4v) is 5.41. The highest BCUT2D eigenvalue weighted by atomic mass is 127. The molecule has 1 fully saturated rings. The van der Waals surface area contributed by atoms with E-state index in [4.69, 9.17) is 19.6 Å². The highest BCUT2D eigenvalue weighted by molar-refractivity contribution is 14.2. The number of methoxy groups -OCH3 is 2. The molecule has 0 aliphatic carbocycles. The number of hydrogen-bond donors (Lipinski definition) is 1. The van der Waals surface area contributed by atoms with Gasteiger partial charge in [0.25, 0.3) is 0 Å². The summed E-state index contributed by atoms with van der Waals surface area (Å²) in [6.45, 7) is 2.02. The van der Waals surface area contributed by atoms with Crippen molar-refractivity contribution >= 4 is 41.4 Å². The Morgan fingerprint density at radius 1 is 1.03 bits per heavy atom. The molecule has 4 aromatic rings. The van der Waals surface area contributed by atoms with Crippen LogP contribution in [0.1, 0.15) is 18.9 Å². The zero-order valence-corrected chi connectivity index (χ0v) is 20.8. The maximum absolute atomic E-state index is 5.64. The van der Waals surface area contributed by atoms with Crippen molar-refractivity contribution < 1.29 is 9.47 Å². The van der Waals surface area contributed by atoms with E-state index in [1.807, 2.05) is 24.5 Å². The predicted molar refractivity (Wildman–Crippen MR) is 135 cm³/mol. The van der Waals surface area contributed by atoms with Gasteiger partial charge in [0.2, 0.25) is 11.8 Å². The summed E-state index contributed by atoms with van der Waals surface area (Å²) in [6, 6.07) is 6.44. The van der Waals surface area contributed by atoms with Gasteiger partial charge in [-0.15, -0.1) is 5.10 Å². The number of nitrogens with zero attached hydrogens (tertiary/aromatic N) is 5. The largest absolute Gasteiger partial charge is 0.481 e. The zero-order chi connectivity index (χ0) is 22.1. The van der Waals surface area contributed by atoms with Crippen LogP contribution < -0.4 is 14.8 Å². The third-order valence-corrected chi connectivity index (χ3v) is 7.53. The number of nitrogens with one attached hydrogen (secondary N) is 1. The molecule has 5 heterocycles. The molecule has 0 aromatic carbocycles. The lowest BCUT2D eigenvalue weighted by Crippen LogP contribution is -2.29. The van der Waals surface area contributed by atoms with Gasteiger partial charge in [0.1, 0.15) is 0 Å². The lowest BCUT2D eigenvalue weighted by molar-refractivity contribution is 0.327. The molecular formula is C22H23IN6O2S. The third-order valence-electron chi connectivity index (χ3n) is 5.83. The second-order valence-electron chi connectivity index (χ2n) is 7.64. The molecule has 0 spiro atoms. The van der Waals surface area contributed by atoms with Crippen molar-refractivity contribution in [2.45, 2.75) is 18.9 Å². The minimum atomic E-state index is 0.382. The highest BCUT2D eigenvalue weighted by Gasteiger charge is 2.21. The first-order chi connectivity index (χ1) is 15.7. The first kappa shape index (κ1) is 21.5. The van der Waals surface area contributed by atoms with E-state index in [1.165, 1.54) is 0 Å². The van der Waals surface area contributed by atoms with E-state index < -0.39 is 0 Å². The van der Waals surface area contributed by atoms with E-state index in [9.17, 15) is 0 Å². The van der Waals surface area contributed by atoms with Gasteiger partial charge in [-0.2, -0.15) is 0 Å². The minimum absolute atomic E-state index is 0.382. The van der Waals surface area contributed by atoms with Crippen molar-refractivity contribution in [2.24, 2.45) is 0 Å². The average molecular weight is 562 g/mol. The van der Waals surface area contributed by atoms with Gasteiger partial charge in [0.05, 0.1) is 25.8 Å². The second kappa shape index (κ2) is 9.28. The molecular weight excluding hydrogens is 539 g/mol. The Morgan fingerprint density at radius 2 is 1.84 bits per heavy atom. The number of fused-ring (bicyclic) bond motifs is 1. The van der Waals surface area contributed by atoms with Crippen LogP contribution in [0.2, 0.25) is 0 Å². The number of ether oxygens (including phenoxy) is 2. The van der Waals surface area contributed by atoms with E-state index in [2.05, 4.69) is 58.6 Å². The normalized spacial score (nSPS) is 14.7. The van der Waals surface area contributed by atoms with E-state index >= 15 is 0 Å². The summed E-state index contributed by atoms with van der Waals surface area (Å²) in [5.41, 5.74) is 4.92. The smallest absolute Gasteiger partial charge is 0.240 e. The molecule has 1 N–H and O–H groups in total. The van der Waals surface area contributed by atoms with Crippen LogP contribution in [0.25, 0.3) is 33.3 Å². The SMILES string of the molecule is COc1ccc(-c2cn(SI)c3ncc(-c4cn(C5CCNCC5)nc4OC)cc23)cn1. The molecule has 1 aliphatic heterocycles. The van der Waals surface area contributed by atoms with Gasteiger partial charge < -0.3 is 14.8 Å². The van der Waals surface area contributed by atoms with Gasteiger partial charge in [-0.25, -0.2) is 9.97 Å². The Hall–Kier alpha value is -2.31. The van der Waals surface area contributed by atoms with E-state index in [-0.39, 0.29) is 0 Å². The molecule has 0 amide bonds. The molecule has 0 bridgehead atoms. The zero-order valence-electron chi connectivity index (χ0n) is 17.8. The Kier molecular flexibility index (Phi) is 6.24. The van der Waals surface area contributed by atoms with Crippen molar-refractivity contribution in [3.05, 3.63) is 43.0 Å². The fraction of sp³-hybridized carbons (Fsp3) is 0.318. The summed E-state index contributed by atoms with van der Waals surface area (Å²) in [5.74, 6) is 1.22. The molecule has 32 heavy (non-hydrogen) atoms. The van der Waals surface area contributed by atoms with Crippen molar-refractivity contribution in [1.29, 1.82) is 0 Å². The van der Waals surface area contributed by atoms with Gasteiger partial charge in [-0.3, -0.25) is 8.65 Å². The van der Waals surface area contributed by atoms with E-state index in [0.29, 0.717) is 17.8 Å². The Balaban J connectivity index is 1.60. The lowest BCUT2D eigenvalue weighted by Gasteiger charge is -2.22. The van der Waals surface area contributed by atoms with Crippen LogP contribution in [0.4, 0.5) is 0 Å². The number of pyridine rings is 2. The molecule has 1 saturated heterocycles. The molecule has 1 aliphatic rings. The summed E-state index contributed by atoms with van der Waals surface area (Å²) in [5, 5.41) is 9.19. The van der Waals surface area contributed by atoms with Gasteiger partial charge in [0, 0.05) is 83.3 Å². The molecule has 0 saturated carbocycles. The summed E-state index contributed by atoms with van der Waals surface area (Å²) >= 11 is 2.27. The minimum Gasteiger partial charge on any atom is -0.481 e. The first-order valence-electron chi connectivity index (χ1n) is 10.4. The maximum atomic E-state index is 5.64. The van der Waals surface area contributed by atoms with Crippen LogP contribution >= 0.6 is 30.3 Å². The Morgan fingerprint density at radius 3 is 2.53 bits per heavy atom. The van der Waals surface area contributed by atoms with Crippen molar-refractivity contribution in [2.75, 3.05) is 27.3 Å². The molecule has 0 atom stereocenters. The van der Waals surface area contributed by atoms with Crippen LogP contribution in [0.3, 0.4) is 0 Å². The van der Waals surface area contributed by atoms with E-state index in [1.54, 1.807) is 23.3 Å². The molecule has 0 radical (unpaired) electrons. The van der Waals surface area contributed by atoms with Crippen LogP contribution in [0.5, 0.6) is 11.8 Å². The van der Waals surface area contributed by atoms with Crippen LogP contribution in [0, 0.1) is 0 Å². The first-order valence-corrected chi connectivity index (χ1v) is 13.7. The third kappa shape index (κ3) is 3.95. The molecule has 166 valence electrons. The second-order valence-corrected chi connectivity index (χ2v) is 9.35. The standard InChI is InChI=1S/C22H23IN6O2S/c1-30-20-4-3-14(10-25-20)18-13-29(32-23)21-17(18)9-15(11-26-21)19-12-28(27-22(19)31-2)16-5-7-24-8-6-16/h3-4,9-13,16,24H,5-8H2,1-2H3. The summed E-state index contributed by atoms with van der Waals surface area (Å²) in [6.07, 6.45) is 10.0. The Bertz CT molecular complexity index is 1230. The van der Waals surface area contributed by atoms with E-state index in [0.717, 1.165) is 59.2 Å². The van der Waals surface area contributed by atoms with Gasteiger partial charge in [-0.1, -0.05) is 0 Å². The monoisotopic (exact) mass is 562 g/mol. The highest BCUT2D eigenvalue weighted by Crippen LogP contribution is 2.38. The number of piperidine rings is 1. The van der Waals surface area contributed by atoms with Crippen LogP contribution in [-0.4, -0.2) is 51.0 Å². The summed E-state index contributed by atoms with van der Waals surface area (Å²) < 4.78 is 15.0. The van der Waals surface area contributed by atoms with Crippen molar-refractivity contribution in [3.63, 3.8) is 0 Å². The summed E-state index contributed by atoms with van der Waals surface area (Å²) in [4.78, 5) is 9.17. The van der Waals surface area contributed by atoms with Crippen molar-refractivity contribution in [1.82, 2.24) is 29.0 Å². The number of aromatic nitrogens is 5. The number of hydrogen-bond acceptors (Lipinski definition) is 7. The molecule has 0 unspecified atom stereocenters.